The second-order valence-corrected chi connectivity index (χ2v) is 8.52. The molecule has 180 valence electrons. The normalized spacial score (nSPS) is 19.1. The van der Waals surface area contributed by atoms with Crippen LogP contribution in [0.25, 0.3) is 0 Å². The lowest BCUT2D eigenvalue weighted by Crippen LogP contribution is -2.55. The molecule has 2 unspecified atom stereocenters. The first-order valence-corrected chi connectivity index (χ1v) is 10.9. The van der Waals surface area contributed by atoms with Crippen molar-refractivity contribution in [3.8, 4) is 0 Å². The number of halogens is 3. The Morgan fingerprint density at radius 3 is 2.09 bits per heavy atom. The minimum Gasteiger partial charge on any atom is -0.331 e. The topological polar surface area (TPSA) is 52.7 Å². The molecule has 0 aliphatic carbocycles. The lowest BCUT2D eigenvalue weighted by Gasteiger charge is -2.40. The van der Waals surface area contributed by atoms with Gasteiger partial charge in [0.25, 0.3) is 0 Å². The molecule has 5 nitrogen and oxygen atoms in total. The minimum absolute atomic E-state index is 0.167. The standard InChI is InChI=1S/C22H26F3N3O.C3H6O/c1-15(17-5-9-19(24)10-6-17)26-22(29)28(13-16-3-7-18(23)8-4-16)21-11-12-27(2)14-20(21)25;1-3(2)4/h3-10,15,20-21H,11-14H2,1-2H3,(H,26,29);1-2H3/t15-,20?,21?;/m1./s1. The summed E-state index contributed by atoms with van der Waals surface area (Å²) in [5, 5.41) is 2.89. The van der Waals surface area contributed by atoms with Crippen molar-refractivity contribution < 1.29 is 22.8 Å². The fraction of sp³-hybridized carbons (Fsp3) is 0.440. The number of amides is 2. The SMILES string of the molecule is CC(C)=O.C[C@@H](NC(=O)N(Cc1ccc(F)cc1)C1CCN(C)CC1F)c1ccc(F)cc1. The van der Waals surface area contributed by atoms with Crippen LogP contribution in [0.15, 0.2) is 48.5 Å². The number of alkyl halides is 1. The lowest BCUT2D eigenvalue weighted by molar-refractivity contribution is -0.115. The number of piperidine rings is 1. The van der Waals surface area contributed by atoms with E-state index in [9.17, 15) is 22.8 Å². The number of carbonyl (C=O) groups is 2. The number of ketones is 1. The molecule has 3 rings (SSSR count). The highest BCUT2D eigenvalue weighted by molar-refractivity contribution is 5.75. The molecule has 1 saturated heterocycles. The Bertz CT molecular complexity index is 902. The smallest absolute Gasteiger partial charge is 0.318 e. The van der Waals surface area contributed by atoms with Gasteiger partial charge in [-0.25, -0.2) is 18.0 Å². The highest BCUT2D eigenvalue weighted by Crippen LogP contribution is 2.23. The van der Waals surface area contributed by atoms with Crippen molar-refractivity contribution >= 4 is 11.8 Å². The summed E-state index contributed by atoms with van der Waals surface area (Å²) in [5.41, 5.74) is 1.48. The number of likely N-dealkylation sites (tertiary alicyclic amines) is 1. The molecule has 2 amide bonds. The number of hydrogen-bond donors (Lipinski definition) is 1. The molecule has 0 spiro atoms. The zero-order valence-electron chi connectivity index (χ0n) is 19.5. The molecule has 1 N–H and O–H groups in total. The van der Waals surface area contributed by atoms with Crippen molar-refractivity contribution in [3.63, 3.8) is 0 Å². The van der Waals surface area contributed by atoms with Crippen molar-refractivity contribution in [2.75, 3.05) is 20.1 Å². The average Bonchev–Trinajstić information content (AvgIpc) is 2.74. The van der Waals surface area contributed by atoms with Gasteiger partial charge < -0.3 is 19.9 Å². The van der Waals surface area contributed by atoms with Crippen molar-refractivity contribution in [2.45, 2.75) is 52.0 Å². The van der Waals surface area contributed by atoms with Crippen LogP contribution in [-0.2, 0) is 11.3 Å². The van der Waals surface area contributed by atoms with Crippen molar-refractivity contribution in [3.05, 3.63) is 71.3 Å². The molecule has 0 aromatic heterocycles. The molecule has 1 aliphatic heterocycles. The molecule has 1 fully saturated rings. The van der Waals surface area contributed by atoms with Crippen LogP contribution in [0.3, 0.4) is 0 Å². The summed E-state index contributed by atoms with van der Waals surface area (Å²) in [7, 11) is 1.85. The van der Waals surface area contributed by atoms with E-state index in [-0.39, 0.29) is 36.5 Å². The molecule has 1 aliphatic rings. The predicted octanol–water partition coefficient (Wildman–Crippen LogP) is 4.88. The van der Waals surface area contributed by atoms with Crippen LogP contribution in [0.1, 0.15) is 44.4 Å². The molecular weight excluding hydrogens is 431 g/mol. The Morgan fingerprint density at radius 2 is 1.58 bits per heavy atom. The van der Waals surface area contributed by atoms with Crippen LogP contribution in [0.2, 0.25) is 0 Å². The van der Waals surface area contributed by atoms with Gasteiger partial charge in [0.1, 0.15) is 23.6 Å². The average molecular weight is 464 g/mol. The molecule has 2 aromatic rings. The first-order valence-electron chi connectivity index (χ1n) is 10.9. The minimum atomic E-state index is -1.18. The summed E-state index contributed by atoms with van der Waals surface area (Å²) in [6.45, 7) is 5.97. The number of hydrogen-bond acceptors (Lipinski definition) is 3. The van der Waals surface area contributed by atoms with Crippen LogP contribution in [0, 0.1) is 11.6 Å². The molecule has 3 atom stereocenters. The summed E-state index contributed by atoms with van der Waals surface area (Å²) in [6.07, 6.45) is -0.668. The van der Waals surface area contributed by atoms with Gasteiger partial charge in [0.2, 0.25) is 0 Å². The molecular formula is C25H32F3N3O2. The monoisotopic (exact) mass is 463 g/mol. The van der Waals surface area contributed by atoms with Crippen molar-refractivity contribution in [1.29, 1.82) is 0 Å². The lowest BCUT2D eigenvalue weighted by atomic mass is 10.0. The van der Waals surface area contributed by atoms with Gasteiger partial charge >= 0.3 is 6.03 Å². The van der Waals surface area contributed by atoms with Gasteiger partial charge in [-0.15, -0.1) is 0 Å². The van der Waals surface area contributed by atoms with E-state index in [1.165, 1.54) is 43.0 Å². The van der Waals surface area contributed by atoms with Crippen LogP contribution in [-0.4, -0.2) is 54.0 Å². The maximum atomic E-state index is 14.8. The van der Waals surface area contributed by atoms with E-state index in [4.69, 9.17) is 0 Å². The number of nitrogens with zero attached hydrogens (tertiary/aromatic N) is 2. The van der Waals surface area contributed by atoms with Gasteiger partial charge in [-0.05, 0) is 69.6 Å². The summed E-state index contributed by atoms with van der Waals surface area (Å²) in [6, 6.07) is 10.4. The number of carbonyl (C=O) groups excluding carboxylic acids is 2. The van der Waals surface area contributed by atoms with Crippen molar-refractivity contribution in [2.24, 2.45) is 0 Å². The van der Waals surface area contributed by atoms with Crippen LogP contribution >= 0.6 is 0 Å². The van der Waals surface area contributed by atoms with Crippen LogP contribution in [0.4, 0.5) is 18.0 Å². The Kier molecular flexibility index (Phi) is 9.91. The molecule has 33 heavy (non-hydrogen) atoms. The number of urea groups is 1. The first kappa shape index (κ1) is 26.4. The van der Waals surface area contributed by atoms with Gasteiger partial charge in [0.15, 0.2) is 0 Å². The molecule has 0 bridgehead atoms. The molecule has 0 saturated carbocycles. The molecule has 2 aromatic carbocycles. The van der Waals surface area contributed by atoms with Gasteiger partial charge in [-0.2, -0.15) is 0 Å². The van der Waals surface area contributed by atoms with E-state index in [2.05, 4.69) is 5.32 Å². The second kappa shape index (κ2) is 12.4. The Balaban J connectivity index is 0.000000890. The number of nitrogens with one attached hydrogen (secondary N) is 1. The number of Topliss-reactive ketones (excluding diaryl/α,β-unsaturated/α-hetero) is 1. The second-order valence-electron chi connectivity index (χ2n) is 8.52. The van der Waals surface area contributed by atoms with Crippen LogP contribution in [0.5, 0.6) is 0 Å². The third kappa shape index (κ3) is 8.53. The highest BCUT2D eigenvalue weighted by atomic mass is 19.1. The summed E-state index contributed by atoms with van der Waals surface area (Å²) < 4.78 is 41.2. The van der Waals surface area contributed by atoms with E-state index in [1.54, 1.807) is 31.2 Å². The van der Waals surface area contributed by atoms with E-state index < -0.39 is 18.2 Å². The Hall–Kier alpha value is -2.87. The van der Waals surface area contributed by atoms with E-state index in [0.29, 0.717) is 13.0 Å². The quantitative estimate of drug-likeness (QED) is 0.688. The van der Waals surface area contributed by atoms with E-state index in [1.807, 2.05) is 11.9 Å². The van der Waals surface area contributed by atoms with Crippen LogP contribution < -0.4 is 5.32 Å². The zero-order chi connectivity index (χ0) is 24.5. The summed E-state index contributed by atoms with van der Waals surface area (Å²) in [5.74, 6) is -0.547. The Morgan fingerprint density at radius 1 is 1.06 bits per heavy atom. The van der Waals surface area contributed by atoms with E-state index >= 15 is 0 Å². The zero-order valence-corrected chi connectivity index (χ0v) is 19.5. The van der Waals surface area contributed by atoms with Gasteiger partial charge in [-0.1, -0.05) is 24.3 Å². The Labute approximate surface area is 193 Å². The summed E-state index contributed by atoms with van der Waals surface area (Å²) in [4.78, 5) is 25.9. The van der Waals surface area contributed by atoms with Gasteiger partial charge in [0.05, 0.1) is 12.1 Å². The number of benzene rings is 2. The highest BCUT2D eigenvalue weighted by Gasteiger charge is 2.35. The molecule has 8 heteroatoms. The first-order chi connectivity index (χ1) is 15.6. The summed E-state index contributed by atoms with van der Waals surface area (Å²) >= 11 is 0. The number of rotatable bonds is 5. The third-order valence-electron chi connectivity index (χ3n) is 5.35. The molecule has 1 heterocycles. The maximum absolute atomic E-state index is 14.8. The molecule has 0 radical (unpaired) electrons. The largest absolute Gasteiger partial charge is 0.331 e. The predicted molar refractivity (Wildman–Crippen MR) is 122 cm³/mol. The third-order valence-corrected chi connectivity index (χ3v) is 5.35. The fourth-order valence-electron chi connectivity index (χ4n) is 3.62. The van der Waals surface area contributed by atoms with Crippen molar-refractivity contribution in [1.82, 2.24) is 15.1 Å². The van der Waals surface area contributed by atoms with Gasteiger partial charge in [0, 0.05) is 19.6 Å². The van der Waals surface area contributed by atoms with Gasteiger partial charge in [-0.3, -0.25) is 0 Å². The fourth-order valence-corrected chi connectivity index (χ4v) is 3.62. The van der Waals surface area contributed by atoms with E-state index in [0.717, 1.165) is 11.1 Å². The maximum Gasteiger partial charge on any atom is 0.318 e.